The number of hydrogen-bond donors (Lipinski definition) is 0. The Morgan fingerprint density at radius 3 is 2.50 bits per heavy atom. The molecule has 0 aliphatic carbocycles. The van der Waals surface area contributed by atoms with Crippen LogP contribution >= 0.6 is 0 Å². The molecule has 68 valence electrons. The molecule has 0 aromatic rings. The summed E-state index contributed by atoms with van der Waals surface area (Å²) in [5.41, 5.74) is 0. The number of ether oxygens (including phenoxy) is 2. The summed E-state index contributed by atoms with van der Waals surface area (Å²) in [6, 6.07) is 0. The molecule has 0 aliphatic heterocycles. The Morgan fingerprint density at radius 2 is 2.00 bits per heavy atom. The zero-order valence-electron chi connectivity index (χ0n) is 7.59. The molecule has 0 atom stereocenters. The van der Waals surface area contributed by atoms with Crippen LogP contribution in [-0.4, -0.2) is 43.6 Å². The van der Waals surface area contributed by atoms with Gasteiger partial charge in [-0.1, -0.05) is 6.08 Å². The quantitative estimate of drug-likeness (QED) is 0.185. The Hall–Kier alpha value is 0.906. The Bertz CT molecular complexity index is 89.1. The van der Waals surface area contributed by atoms with Crippen LogP contribution in [0.2, 0.25) is 0 Å². The van der Waals surface area contributed by atoms with Gasteiger partial charge in [-0.15, -0.1) is 6.08 Å². The van der Waals surface area contributed by atoms with Crippen molar-refractivity contribution in [2.45, 2.75) is 12.8 Å². The van der Waals surface area contributed by atoms with Crippen molar-refractivity contribution < 1.29 is 26.5 Å². The molecule has 0 fully saturated rings. The van der Waals surface area contributed by atoms with Crippen LogP contribution in [0.1, 0.15) is 12.8 Å². The summed E-state index contributed by atoms with van der Waals surface area (Å²) in [6.45, 7) is 4.78. The van der Waals surface area contributed by atoms with Crippen LogP contribution in [0.5, 0.6) is 0 Å². The van der Waals surface area contributed by atoms with Crippen LogP contribution in [0.25, 0.3) is 0 Å². The Balaban J connectivity index is -0.000000405. The number of allylic oxidation sites excluding steroid dienone is 1. The average molecular weight is 247 g/mol. The number of halogens is 1. The number of methoxy groups -OCH3 is 1. The van der Waals surface area contributed by atoms with Gasteiger partial charge >= 0.3 is 23.1 Å². The van der Waals surface area contributed by atoms with E-state index in [1.165, 1.54) is 0 Å². The topological polar surface area (TPSA) is 18.5 Å². The van der Waals surface area contributed by atoms with Gasteiger partial charge < -0.3 is 33.4 Å². The molecule has 0 spiro atoms. The first-order chi connectivity index (χ1) is 4.91. The zero-order chi connectivity index (χ0) is 7.66. The molecule has 0 heterocycles. The fourth-order valence-corrected chi connectivity index (χ4v) is 0.529. The summed E-state index contributed by atoms with van der Waals surface area (Å²) in [7, 11) is 1.62. The maximum Gasteiger partial charge on any atom is 2.00 e. The first kappa shape index (κ1) is 18.6. The average Bonchev–Trinajstić information content (AvgIpc) is 1.97. The molecular weight excluding hydrogens is 232 g/mol. The van der Waals surface area contributed by atoms with Gasteiger partial charge in [0.15, 0.2) is 0 Å². The van der Waals surface area contributed by atoms with E-state index in [0.717, 1.165) is 19.4 Å². The summed E-state index contributed by atoms with van der Waals surface area (Å²) in [4.78, 5) is 0. The van der Waals surface area contributed by atoms with E-state index < -0.39 is 0 Å². The molecule has 0 saturated heterocycles. The SMILES string of the molecule is [Br-].[CH2-]C/C=C/CCOCOC.[Mg+2]. The van der Waals surface area contributed by atoms with Crippen molar-refractivity contribution in [2.24, 2.45) is 0 Å². The van der Waals surface area contributed by atoms with Crippen molar-refractivity contribution in [2.75, 3.05) is 20.5 Å². The van der Waals surface area contributed by atoms with Crippen LogP contribution in [0, 0.1) is 6.92 Å². The second-order valence-corrected chi connectivity index (χ2v) is 1.86. The Kier molecular flexibility index (Phi) is 27.7. The molecule has 4 heteroatoms. The molecular formula is C8H15BrMgO2. The summed E-state index contributed by atoms with van der Waals surface area (Å²) in [5.74, 6) is 0. The van der Waals surface area contributed by atoms with Gasteiger partial charge in [0.2, 0.25) is 0 Å². The zero-order valence-corrected chi connectivity index (χ0v) is 10.6. The molecule has 0 N–H and O–H groups in total. The van der Waals surface area contributed by atoms with Crippen LogP contribution in [-0.2, 0) is 9.47 Å². The van der Waals surface area contributed by atoms with E-state index in [2.05, 4.69) is 17.7 Å². The molecule has 0 radical (unpaired) electrons. The smallest absolute Gasteiger partial charge is 1.00 e. The van der Waals surface area contributed by atoms with Crippen LogP contribution in [0.3, 0.4) is 0 Å². The number of hydrogen-bond acceptors (Lipinski definition) is 2. The molecule has 0 aromatic carbocycles. The summed E-state index contributed by atoms with van der Waals surface area (Å²) >= 11 is 0. The molecule has 12 heavy (non-hydrogen) atoms. The second kappa shape index (κ2) is 17.9. The van der Waals surface area contributed by atoms with Crippen molar-refractivity contribution in [3.05, 3.63) is 19.1 Å². The third-order valence-electron chi connectivity index (χ3n) is 0.963. The third kappa shape index (κ3) is 17.1. The maximum atomic E-state index is 5.04. The van der Waals surface area contributed by atoms with Crippen LogP contribution < -0.4 is 17.0 Å². The van der Waals surface area contributed by atoms with Crippen LogP contribution in [0.4, 0.5) is 0 Å². The summed E-state index contributed by atoms with van der Waals surface area (Å²) in [6.07, 6.45) is 5.88. The van der Waals surface area contributed by atoms with E-state index in [1.54, 1.807) is 7.11 Å². The van der Waals surface area contributed by atoms with Gasteiger partial charge in [0.1, 0.15) is 6.79 Å². The molecule has 0 amide bonds. The predicted molar refractivity (Wildman–Crippen MR) is 47.3 cm³/mol. The van der Waals surface area contributed by atoms with Gasteiger partial charge in [-0.3, -0.25) is 0 Å². The van der Waals surface area contributed by atoms with Gasteiger partial charge in [-0.2, -0.15) is 6.42 Å². The predicted octanol–water partition coefficient (Wildman–Crippen LogP) is -1.60. The molecule has 0 unspecified atom stereocenters. The third-order valence-corrected chi connectivity index (χ3v) is 0.963. The van der Waals surface area contributed by atoms with Gasteiger partial charge in [-0.05, 0) is 6.42 Å². The van der Waals surface area contributed by atoms with Gasteiger partial charge in [0.05, 0.1) is 6.61 Å². The van der Waals surface area contributed by atoms with Crippen molar-refractivity contribution in [3.8, 4) is 0 Å². The van der Waals surface area contributed by atoms with Gasteiger partial charge in [0, 0.05) is 7.11 Å². The van der Waals surface area contributed by atoms with Crippen LogP contribution in [0.15, 0.2) is 12.2 Å². The van der Waals surface area contributed by atoms with Crippen molar-refractivity contribution in [1.29, 1.82) is 0 Å². The fourth-order valence-electron chi connectivity index (χ4n) is 0.529. The summed E-state index contributed by atoms with van der Waals surface area (Å²) < 4.78 is 9.73. The molecule has 0 aliphatic rings. The van der Waals surface area contributed by atoms with Crippen molar-refractivity contribution in [3.63, 3.8) is 0 Å². The molecule has 2 nitrogen and oxygen atoms in total. The Labute approximate surface area is 102 Å². The number of rotatable bonds is 6. The molecule has 0 aromatic heterocycles. The normalized spacial score (nSPS) is 9.17. The van der Waals surface area contributed by atoms with E-state index in [9.17, 15) is 0 Å². The van der Waals surface area contributed by atoms with E-state index in [4.69, 9.17) is 4.74 Å². The largest absolute Gasteiger partial charge is 2.00 e. The van der Waals surface area contributed by atoms with E-state index in [0.29, 0.717) is 6.79 Å². The minimum Gasteiger partial charge on any atom is -1.00 e. The molecule has 0 saturated carbocycles. The Morgan fingerprint density at radius 1 is 1.33 bits per heavy atom. The van der Waals surface area contributed by atoms with E-state index >= 15 is 0 Å². The van der Waals surface area contributed by atoms with E-state index in [1.807, 2.05) is 6.08 Å². The standard InChI is InChI=1S/C8H15O2.BrH.Mg/c1-3-4-5-6-7-10-8-9-2;;/h4-5H,1,3,6-8H2,2H3;1H;/q-1;;+2/p-1/b5-4+;;. The van der Waals surface area contributed by atoms with E-state index in [-0.39, 0.29) is 40.0 Å². The molecule has 0 bridgehead atoms. The monoisotopic (exact) mass is 246 g/mol. The van der Waals surface area contributed by atoms with Gasteiger partial charge in [-0.25, -0.2) is 0 Å². The molecule has 0 rings (SSSR count). The second-order valence-electron chi connectivity index (χ2n) is 1.86. The van der Waals surface area contributed by atoms with Crippen molar-refractivity contribution >= 4 is 23.1 Å². The van der Waals surface area contributed by atoms with Gasteiger partial charge in [0.25, 0.3) is 0 Å². The maximum absolute atomic E-state index is 5.04. The first-order valence-electron chi connectivity index (χ1n) is 3.42. The minimum atomic E-state index is 0. The first-order valence-corrected chi connectivity index (χ1v) is 3.42. The van der Waals surface area contributed by atoms with Crippen molar-refractivity contribution in [1.82, 2.24) is 0 Å². The summed E-state index contributed by atoms with van der Waals surface area (Å²) in [5, 5.41) is 0. The minimum absolute atomic E-state index is 0. The fraction of sp³-hybridized carbons (Fsp3) is 0.625.